The van der Waals surface area contributed by atoms with Gasteiger partial charge in [0, 0.05) is 38.5 Å². The summed E-state index contributed by atoms with van der Waals surface area (Å²) in [5.74, 6) is 1.88. The predicted octanol–water partition coefficient (Wildman–Crippen LogP) is 3.30. The molecule has 0 amide bonds. The number of guanidine groups is 1. The summed E-state index contributed by atoms with van der Waals surface area (Å²) in [6.07, 6.45) is 3.82. The lowest BCUT2D eigenvalue weighted by molar-refractivity contribution is 0.129. The second-order valence-corrected chi connectivity index (χ2v) is 5.78. The van der Waals surface area contributed by atoms with Crippen LogP contribution in [0, 0.1) is 0 Å². The number of likely N-dealkylation sites (tertiary alicyclic amines) is 1. The van der Waals surface area contributed by atoms with E-state index in [4.69, 9.17) is 9.26 Å². The molecule has 0 radical (unpaired) electrons. The van der Waals surface area contributed by atoms with Crippen molar-refractivity contribution in [2.75, 3.05) is 19.6 Å². The van der Waals surface area contributed by atoms with Crippen LogP contribution in [0.4, 0.5) is 0 Å². The fraction of sp³-hybridized carbons (Fsp3) is 0.444. The van der Waals surface area contributed by atoms with E-state index in [2.05, 4.69) is 27.3 Å². The van der Waals surface area contributed by atoms with E-state index in [0.29, 0.717) is 6.54 Å². The van der Waals surface area contributed by atoms with Gasteiger partial charge in [-0.2, -0.15) is 0 Å². The molecule has 1 aliphatic heterocycles. The van der Waals surface area contributed by atoms with Crippen molar-refractivity contribution < 1.29 is 9.26 Å². The average molecular weight is 456 g/mol. The van der Waals surface area contributed by atoms with Crippen molar-refractivity contribution in [2.45, 2.75) is 32.4 Å². The third kappa shape index (κ3) is 5.91. The quantitative estimate of drug-likeness (QED) is 0.425. The minimum Gasteiger partial charge on any atom is -0.490 e. The Bertz CT molecular complexity index is 626. The minimum absolute atomic E-state index is 0. The largest absolute Gasteiger partial charge is 0.490 e. The number of rotatable bonds is 5. The maximum Gasteiger partial charge on any atom is 0.194 e. The van der Waals surface area contributed by atoms with Crippen LogP contribution in [0.1, 0.15) is 25.5 Å². The Labute approximate surface area is 165 Å². The van der Waals surface area contributed by atoms with Gasteiger partial charge in [-0.1, -0.05) is 23.4 Å². The molecule has 25 heavy (non-hydrogen) atoms. The van der Waals surface area contributed by atoms with Crippen molar-refractivity contribution in [3.63, 3.8) is 0 Å². The molecule has 2 heterocycles. The van der Waals surface area contributed by atoms with E-state index in [1.807, 2.05) is 36.4 Å². The van der Waals surface area contributed by atoms with Gasteiger partial charge < -0.3 is 19.5 Å². The summed E-state index contributed by atoms with van der Waals surface area (Å²) in [4.78, 5) is 6.94. The number of piperidine rings is 1. The summed E-state index contributed by atoms with van der Waals surface area (Å²) in [5.41, 5.74) is 0.840. The van der Waals surface area contributed by atoms with Crippen molar-refractivity contribution in [3.8, 4) is 5.75 Å². The van der Waals surface area contributed by atoms with Gasteiger partial charge in [0.1, 0.15) is 23.8 Å². The molecule has 2 aromatic rings. The first-order valence-corrected chi connectivity index (χ1v) is 8.49. The number of hydrogen-bond donors (Lipinski definition) is 1. The van der Waals surface area contributed by atoms with Crippen LogP contribution in [0.3, 0.4) is 0 Å². The molecule has 1 aliphatic rings. The van der Waals surface area contributed by atoms with Gasteiger partial charge in [0.15, 0.2) is 5.96 Å². The van der Waals surface area contributed by atoms with Gasteiger partial charge >= 0.3 is 0 Å². The number of nitrogens with zero attached hydrogens (tertiary/aromatic N) is 3. The number of ether oxygens (including phenoxy) is 1. The van der Waals surface area contributed by atoms with Gasteiger partial charge in [-0.3, -0.25) is 0 Å². The second-order valence-electron chi connectivity index (χ2n) is 5.78. The normalized spacial score (nSPS) is 15.6. The standard InChI is InChI=1S/C18H24N4O2.HI/c1-2-19-18(20-14-15-10-13-23-21-15)22-11-8-17(9-12-22)24-16-6-4-3-5-7-16;/h3-7,10,13,17H,2,8-9,11-12,14H2,1H3,(H,19,20);1H. The molecule has 0 bridgehead atoms. The number of aromatic nitrogens is 1. The Balaban J connectivity index is 0.00000225. The van der Waals surface area contributed by atoms with E-state index >= 15 is 0 Å². The number of aliphatic imine (C=N–C) groups is 1. The first-order chi connectivity index (χ1) is 11.8. The number of para-hydroxylation sites is 1. The molecule has 1 fully saturated rings. The number of benzene rings is 1. The molecular formula is C18H25IN4O2. The van der Waals surface area contributed by atoms with E-state index in [9.17, 15) is 0 Å². The molecular weight excluding hydrogens is 431 g/mol. The fourth-order valence-corrected chi connectivity index (χ4v) is 2.78. The van der Waals surface area contributed by atoms with Crippen molar-refractivity contribution in [2.24, 2.45) is 4.99 Å². The molecule has 136 valence electrons. The van der Waals surface area contributed by atoms with Crippen molar-refractivity contribution in [1.82, 2.24) is 15.4 Å². The average Bonchev–Trinajstić information content (AvgIpc) is 3.14. The molecule has 0 unspecified atom stereocenters. The fourth-order valence-electron chi connectivity index (χ4n) is 2.78. The summed E-state index contributed by atoms with van der Waals surface area (Å²) in [5, 5.41) is 7.26. The summed E-state index contributed by atoms with van der Waals surface area (Å²) < 4.78 is 10.9. The van der Waals surface area contributed by atoms with Crippen LogP contribution in [0.15, 0.2) is 52.2 Å². The zero-order valence-electron chi connectivity index (χ0n) is 14.4. The highest BCUT2D eigenvalue weighted by molar-refractivity contribution is 14.0. The monoisotopic (exact) mass is 456 g/mol. The molecule has 0 saturated carbocycles. The zero-order valence-corrected chi connectivity index (χ0v) is 16.8. The lowest BCUT2D eigenvalue weighted by atomic mass is 10.1. The highest BCUT2D eigenvalue weighted by Crippen LogP contribution is 2.18. The highest BCUT2D eigenvalue weighted by Gasteiger charge is 2.22. The van der Waals surface area contributed by atoms with E-state index in [0.717, 1.165) is 49.9 Å². The van der Waals surface area contributed by atoms with Crippen LogP contribution in [-0.2, 0) is 6.54 Å². The second kappa shape index (κ2) is 10.3. The van der Waals surface area contributed by atoms with E-state index in [1.165, 1.54) is 0 Å². The van der Waals surface area contributed by atoms with E-state index < -0.39 is 0 Å². The van der Waals surface area contributed by atoms with Crippen molar-refractivity contribution >= 4 is 29.9 Å². The maximum absolute atomic E-state index is 6.05. The molecule has 7 heteroatoms. The molecule has 1 aromatic carbocycles. The van der Waals surface area contributed by atoms with Crippen LogP contribution >= 0.6 is 24.0 Å². The molecule has 3 rings (SSSR count). The highest BCUT2D eigenvalue weighted by atomic mass is 127. The smallest absolute Gasteiger partial charge is 0.194 e. The first-order valence-electron chi connectivity index (χ1n) is 8.49. The lowest BCUT2D eigenvalue weighted by Gasteiger charge is -2.34. The van der Waals surface area contributed by atoms with Gasteiger partial charge in [0.25, 0.3) is 0 Å². The Morgan fingerprint density at radius 1 is 1.28 bits per heavy atom. The van der Waals surface area contributed by atoms with Gasteiger partial charge in [-0.05, 0) is 19.1 Å². The SMILES string of the molecule is CCNC(=NCc1ccon1)N1CCC(Oc2ccccc2)CC1.I. The van der Waals surface area contributed by atoms with E-state index in [1.54, 1.807) is 6.26 Å². The first kappa shape index (κ1) is 19.6. The Kier molecular flexibility index (Phi) is 8.03. The van der Waals surface area contributed by atoms with Gasteiger partial charge in [-0.25, -0.2) is 4.99 Å². The van der Waals surface area contributed by atoms with Crippen molar-refractivity contribution in [3.05, 3.63) is 48.4 Å². The van der Waals surface area contributed by atoms with Crippen LogP contribution in [0.25, 0.3) is 0 Å². The molecule has 1 saturated heterocycles. The number of hydrogen-bond acceptors (Lipinski definition) is 4. The predicted molar refractivity (Wildman–Crippen MR) is 108 cm³/mol. The number of nitrogens with one attached hydrogen (secondary N) is 1. The summed E-state index contributed by atoms with van der Waals surface area (Å²) >= 11 is 0. The molecule has 0 atom stereocenters. The van der Waals surface area contributed by atoms with Gasteiger partial charge in [-0.15, -0.1) is 24.0 Å². The molecule has 0 aliphatic carbocycles. The van der Waals surface area contributed by atoms with Crippen LogP contribution < -0.4 is 10.1 Å². The molecule has 0 spiro atoms. The molecule has 6 nitrogen and oxygen atoms in total. The van der Waals surface area contributed by atoms with Crippen molar-refractivity contribution in [1.29, 1.82) is 0 Å². The van der Waals surface area contributed by atoms with Crippen LogP contribution in [0.5, 0.6) is 5.75 Å². The van der Waals surface area contributed by atoms with Gasteiger partial charge in [0.2, 0.25) is 0 Å². The van der Waals surface area contributed by atoms with E-state index in [-0.39, 0.29) is 30.1 Å². The third-order valence-corrected chi connectivity index (χ3v) is 4.00. The summed E-state index contributed by atoms with van der Waals surface area (Å²) in [6, 6.07) is 11.9. The molecule has 1 aromatic heterocycles. The van der Waals surface area contributed by atoms with Crippen LogP contribution in [0.2, 0.25) is 0 Å². The Morgan fingerprint density at radius 3 is 2.68 bits per heavy atom. The summed E-state index contributed by atoms with van der Waals surface area (Å²) in [6.45, 7) is 5.32. The third-order valence-electron chi connectivity index (χ3n) is 4.00. The maximum atomic E-state index is 6.05. The molecule has 1 N–H and O–H groups in total. The van der Waals surface area contributed by atoms with Crippen LogP contribution in [-0.4, -0.2) is 41.8 Å². The minimum atomic E-state index is 0. The zero-order chi connectivity index (χ0) is 16.6. The number of halogens is 1. The Hall–Kier alpha value is -1.77. The topological polar surface area (TPSA) is 62.9 Å². The summed E-state index contributed by atoms with van der Waals surface area (Å²) in [7, 11) is 0. The lowest BCUT2D eigenvalue weighted by Crippen LogP contribution is -2.47. The Morgan fingerprint density at radius 2 is 2.04 bits per heavy atom. The van der Waals surface area contributed by atoms with Gasteiger partial charge in [0.05, 0.1) is 6.54 Å².